The van der Waals surface area contributed by atoms with Crippen molar-refractivity contribution in [2.75, 3.05) is 63.7 Å². The number of ether oxygens (including phenoxy) is 1. The second-order valence-corrected chi connectivity index (χ2v) is 13.6. The third-order valence-corrected chi connectivity index (χ3v) is 10.5. The van der Waals surface area contributed by atoms with Gasteiger partial charge in [0, 0.05) is 17.5 Å². The molecule has 2 amide bonds. The Morgan fingerprint density at radius 3 is 2.42 bits per heavy atom. The van der Waals surface area contributed by atoms with Gasteiger partial charge in [0.25, 0.3) is 11.8 Å². The zero-order chi connectivity index (χ0) is 35.9. The summed E-state index contributed by atoms with van der Waals surface area (Å²) in [5.74, 6) is -5.40. The van der Waals surface area contributed by atoms with E-state index in [0.29, 0.717) is 24.4 Å². The Kier molecular flexibility index (Phi) is 9.54. The molecule has 1 aromatic heterocycles. The Balaban J connectivity index is 1.16. The van der Waals surface area contributed by atoms with Crippen molar-refractivity contribution in [1.29, 1.82) is 0 Å². The quantitative estimate of drug-likeness (QED) is 0.198. The van der Waals surface area contributed by atoms with Gasteiger partial charge >= 0.3 is 11.9 Å². The molecule has 0 saturated carbocycles. The summed E-state index contributed by atoms with van der Waals surface area (Å²) in [5, 5.41) is 21.1. The van der Waals surface area contributed by atoms with Gasteiger partial charge in [0.2, 0.25) is 5.43 Å². The minimum atomic E-state index is -1.61. The summed E-state index contributed by atoms with van der Waals surface area (Å²) in [6, 6.07) is 8.53. The predicted molar refractivity (Wildman–Crippen MR) is 176 cm³/mol. The van der Waals surface area contributed by atoms with E-state index in [-0.39, 0.29) is 42.2 Å². The maximum Gasteiger partial charge on any atom is 0.352 e. The average molecular weight is 717 g/mol. The number of thioether (sulfide) groups is 1. The van der Waals surface area contributed by atoms with E-state index in [1.807, 2.05) is 7.05 Å². The Morgan fingerprint density at radius 2 is 1.78 bits per heavy atom. The number of carbonyl (C=O) groups excluding carboxylic acids is 2. The van der Waals surface area contributed by atoms with Crippen molar-refractivity contribution in [3.63, 3.8) is 0 Å². The fraction of sp³-hybridized carbons (Fsp3) is 0.364. The number of aliphatic carboxylic acids is 1. The van der Waals surface area contributed by atoms with Gasteiger partial charge in [0.15, 0.2) is 12.4 Å². The second-order valence-electron chi connectivity index (χ2n) is 12.5. The molecule has 3 N–H and O–H groups in total. The fourth-order valence-corrected chi connectivity index (χ4v) is 8.00. The first-order chi connectivity index (χ1) is 23.8. The predicted octanol–water partition coefficient (Wildman–Crippen LogP) is 2.03. The molecule has 3 aliphatic heterocycles. The number of carbonyl (C=O) groups is 4. The lowest BCUT2D eigenvalue weighted by molar-refractivity contribution is -0.905. The second kappa shape index (κ2) is 13.7. The van der Waals surface area contributed by atoms with E-state index in [4.69, 9.17) is 4.74 Å². The topological polar surface area (TPSA) is 158 Å². The molecule has 6 rings (SSSR count). The first-order valence-electron chi connectivity index (χ1n) is 15.6. The van der Waals surface area contributed by atoms with Gasteiger partial charge in [-0.3, -0.25) is 19.3 Å². The minimum Gasteiger partial charge on any atom is -0.484 e. The largest absolute Gasteiger partial charge is 0.484 e. The number of fused-ring (bicyclic) bond motifs is 2. The summed E-state index contributed by atoms with van der Waals surface area (Å²) >= 11 is 1.33. The molecular formula is C33H33F3N5O8S+. The number of β-lactam (4-membered cyclic amide) rings is 1. The SMILES string of the molecule is C[N+]1(CC2=C(C(=O)O)N3C(=O)[C@@H](NC(=O)COc4ccccc4)[C@H]3SC2)CCN(c2c(F)cc3c(=O)c(C(=O)O)cn(CCF)c3c2F)CC1. The molecule has 17 heteroatoms. The highest BCUT2D eigenvalue weighted by Crippen LogP contribution is 2.41. The van der Waals surface area contributed by atoms with E-state index in [2.05, 4.69) is 5.32 Å². The standard InChI is InChI=1S/C33H32F3N5O8S/c1-41(11-9-38(10-12-41)28-22(35)13-20-27(24(28)36)39(8-7-34)14-21(29(20)43)32(45)46)15-18-17-50-31-25(30(44)40(31)26(18)33(47)48)37-23(42)16-49-19-5-3-2-4-6-19/h2-6,13-14,25,31H,7-12,15-17H2,1H3,(H2-,37,42,45,46,47,48)/p+1/t25-,31-/m1/s1. The van der Waals surface area contributed by atoms with Gasteiger partial charge in [-0.2, -0.15) is 0 Å². The number of amides is 2. The molecule has 50 heavy (non-hydrogen) atoms. The number of benzene rings is 2. The number of nitrogens with one attached hydrogen (secondary N) is 1. The summed E-state index contributed by atoms with van der Waals surface area (Å²) in [5.41, 5.74) is -2.30. The van der Waals surface area contributed by atoms with E-state index in [0.717, 1.165) is 16.8 Å². The molecule has 2 saturated heterocycles. The molecule has 3 aliphatic rings. The highest BCUT2D eigenvalue weighted by atomic mass is 32.2. The molecule has 0 radical (unpaired) electrons. The molecule has 0 spiro atoms. The number of alkyl halides is 1. The molecule has 13 nitrogen and oxygen atoms in total. The molecule has 0 unspecified atom stereocenters. The lowest BCUT2D eigenvalue weighted by Crippen LogP contribution is -2.71. The number of hydrogen-bond donors (Lipinski definition) is 3. The van der Waals surface area contributed by atoms with Crippen LogP contribution in [0.15, 0.2) is 58.7 Å². The highest BCUT2D eigenvalue weighted by Gasteiger charge is 2.55. The van der Waals surface area contributed by atoms with Crippen LogP contribution in [0.5, 0.6) is 5.75 Å². The van der Waals surface area contributed by atoms with Gasteiger partial charge < -0.3 is 34.2 Å². The molecule has 264 valence electrons. The number of aryl methyl sites for hydroxylation is 1. The van der Waals surface area contributed by atoms with Crippen LogP contribution in [0.3, 0.4) is 0 Å². The molecule has 0 aliphatic carbocycles. The Hall–Kier alpha value is -5.03. The van der Waals surface area contributed by atoms with Crippen molar-refractivity contribution in [1.82, 2.24) is 14.8 Å². The Morgan fingerprint density at radius 1 is 1.08 bits per heavy atom. The third-order valence-electron chi connectivity index (χ3n) is 9.17. The number of anilines is 1. The maximum atomic E-state index is 16.0. The van der Waals surface area contributed by atoms with Gasteiger partial charge in [-0.05, 0) is 18.2 Å². The maximum absolute atomic E-state index is 16.0. The number of rotatable bonds is 11. The highest BCUT2D eigenvalue weighted by molar-refractivity contribution is 8.00. The summed E-state index contributed by atoms with van der Waals surface area (Å²) in [6.45, 7) is -0.623. The molecule has 3 aromatic rings. The van der Waals surface area contributed by atoms with Crippen LogP contribution < -0.4 is 20.4 Å². The number of halogens is 3. The molecule has 4 heterocycles. The van der Waals surface area contributed by atoms with E-state index in [1.165, 1.54) is 21.6 Å². The van der Waals surface area contributed by atoms with Gasteiger partial charge in [0.1, 0.15) is 53.1 Å². The van der Waals surface area contributed by atoms with Gasteiger partial charge in [-0.25, -0.2) is 22.8 Å². The number of aromatic carboxylic acids is 1. The zero-order valence-electron chi connectivity index (χ0n) is 26.7. The average Bonchev–Trinajstić information content (AvgIpc) is 3.08. The number of carboxylic acid groups (broad SMARTS) is 2. The zero-order valence-corrected chi connectivity index (χ0v) is 27.6. The first-order valence-corrected chi connectivity index (χ1v) is 16.7. The number of nitrogens with zero attached hydrogens (tertiary/aromatic N) is 4. The van der Waals surface area contributed by atoms with Crippen LogP contribution >= 0.6 is 11.8 Å². The van der Waals surface area contributed by atoms with Crippen molar-refractivity contribution >= 4 is 52.1 Å². The summed E-state index contributed by atoms with van der Waals surface area (Å²) in [6.07, 6.45) is 0.849. The van der Waals surface area contributed by atoms with Crippen molar-refractivity contribution in [3.05, 3.63) is 81.3 Å². The van der Waals surface area contributed by atoms with Crippen LogP contribution in [0, 0.1) is 11.6 Å². The van der Waals surface area contributed by atoms with Crippen LogP contribution in [0.4, 0.5) is 18.9 Å². The van der Waals surface area contributed by atoms with Crippen molar-refractivity contribution in [2.24, 2.45) is 0 Å². The number of piperazine rings is 1. The Labute approximate surface area is 287 Å². The van der Waals surface area contributed by atoms with Crippen LogP contribution in [0.2, 0.25) is 0 Å². The number of hydrogen-bond acceptors (Lipinski definition) is 8. The van der Waals surface area contributed by atoms with Gasteiger partial charge in [-0.15, -0.1) is 11.8 Å². The first kappa shape index (κ1) is 34.8. The normalized spacial score (nSPS) is 20.0. The molecule has 0 bridgehead atoms. The smallest absolute Gasteiger partial charge is 0.352 e. The number of pyridine rings is 1. The lowest BCUT2D eigenvalue weighted by Gasteiger charge is -2.50. The summed E-state index contributed by atoms with van der Waals surface area (Å²) in [4.78, 5) is 65.0. The van der Waals surface area contributed by atoms with E-state index >= 15 is 8.78 Å². The van der Waals surface area contributed by atoms with Crippen molar-refractivity contribution in [3.8, 4) is 5.75 Å². The monoisotopic (exact) mass is 716 g/mol. The molecule has 2 fully saturated rings. The van der Waals surface area contributed by atoms with Gasteiger partial charge in [0.05, 0.1) is 50.7 Å². The van der Waals surface area contributed by atoms with E-state index in [9.17, 15) is 38.6 Å². The number of quaternary nitrogens is 1. The van der Waals surface area contributed by atoms with Crippen LogP contribution in [-0.4, -0.2) is 118 Å². The van der Waals surface area contributed by atoms with Gasteiger partial charge in [-0.1, -0.05) is 18.2 Å². The third kappa shape index (κ3) is 6.37. The van der Waals surface area contributed by atoms with Crippen molar-refractivity contribution in [2.45, 2.75) is 18.0 Å². The summed E-state index contributed by atoms with van der Waals surface area (Å²) in [7, 11) is 1.87. The van der Waals surface area contributed by atoms with Crippen LogP contribution in [0.25, 0.3) is 10.9 Å². The molecule has 2 aromatic carbocycles. The minimum absolute atomic E-state index is 0.129. The number of aromatic nitrogens is 1. The van der Waals surface area contributed by atoms with Crippen LogP contribution in [0.1, 0.15) is 10.4 Å². The number of carboxylic acids is 2. The van der Waals surface area contributed by atoms with E-state index < -0.39 is 87.6 Å². The Bertz CT molecular complexity index is 1980. The van der Waals surface area contributed by atoms with Crippen LogP contribution in [-0.2, 0) is 20.9 Å². The molecule has 2 atom stereocenters. The fourth-order valence-electron chi connectivity index (χ4n) is 6.66. The van der Waals surface area contributed by atoms with E-state index in [1.54, 1.807) is 30.3 Å². The summed E-state index contributed by atoms with van der Waals surface area (Å²) < 4.78 is 51.5. The number of para-hydroxylation sites is 1. The lowest BCUT2D eigenvalue weighted by atomic mass is 10.0. The molecular weight excluding hydrogens is 683 g/mol. The van der Waals surface area contributed by atoms with Crippen molar-refractivity contribution < 1.29 is 51.8 Å². The number of likely N-dealkylation sites (N-methyl/N-ethyl adjacent to an activating group) is 1.